The normalized spacial score (nSPS) is 11.2. The van der Waals surface area contributed by atoms with E-state index in [-0.39, 0.29) is 6.61 Å². The second-order valence-corrected chi connectivity index (χ2v) is 8.91. The highest BCUT2D eigenvalue weighted by Crippen LogP contribution is 2.14. The van der Waals surface area contributed by atoms with Crippen LogP contribution in [0, 0.1) is 3.57 Å². The second kappa shape index (κ2) is 19.2. The van der Waals surface area contributed by atoms with Gasteiger partial charge in [-0.3, -0.25) is 0 Å². The molecule has 27 heavy (non-hydrogen) atoms. The molecule has 1 aromatic rings. The standard InChI is InChI=1S/C24H41IO2/c25-24-18-16-23(17-19-24)15-12-10-8-6-4-2-1-3-5-7-9-11-13-21-27-22-14-20-26/h16-19,26H,1-15,20-22H2. The number of unbranched alkanes of at least 4 members (excludes halogenated alkanes) is 12. The number of aryl methyl sites for hydroxylation is 1. The van der Waals surface area contributed by atoms with Gasteiger partial charge < -0.3 is 9.84 Å². The Morgan fingerprint density at radius 2 is 1.04 bits per heavy atom. The molecular weight excluding hydrogens is 447 g/mol. The van der Waals surface area contributed by atoms with Crippen molar-refractivity contribution in [1.29, 1.82) is 0 Å². The minimum Gasteiger partial charge on any atom is -0.396 e. The molecule has 0 heterocycles. The zero-order valence-electron chi connectivity index (χ0n) is 17.3. The molecule has 0 aromatic heterocycles. The number of aliphatic hydroxyl groups excluding tert-OH is 1. The number of halogens is 1. The summed E-state index contributed by atoms with van der Waals surface area (Å²) in [5, 5.41) is 8.66. The molecule has 0 saturated heterocycles. The van der Waals surface area contributed by atoms with E-state index in [2.05, 4.69) is 46.9 Å². The molecule has 0 bridgehead atoms. The molecule has 0 aliphatic heterocycles. The van der Waals surface area contributed by atoms with Crippen molar-refractivity contribution in [1.82, 2.24) is 0 Å². The molecule has 0 atom stereocenters. The van der Waals surface area contributed by atoms with E-state index in [1.807, 2.05) is 0 Å². The Morgan fingerprint density at radius 3 is 1.56 bits per heavy atom. The van der Waals surface area contributed by atoms with Crippen LogP contribution in [-0.4, -0.2) is 24.9 Å². The summed E-state index contributed by atoms with van der Waals surface area (Å²) in [6, 6.07) is 8.97. The third-order valence-corrected chi connectivity index (χ3v) is 5.83. The SMILES string of the molecule is OCCCOCCCCCCCCCCCCCCCc1ccc(I)cc1. The molecule has 2 nitrogen and oxygen atoms in total. The zero-order chi connectivity index (χ0) is 19.4. The average Bonchev–Trinajstić information content (AvgIpc) is 2.68. The van der Waals surface area contributed by atoms with Crippen molar-refractivity contribution in [2.24, 2.45) is 0 Å². The molecule has 0 saturated carbocycles. The summed E-state index contributed by atoms with van der Waals surface area (Å²) in [5.74, 6) is 0. The highest BCUT2D eigenvalue weighted by molar-refractivity contribution is 14.1. The van der Waals surface area contributed by atoms with Gasteiger partial charge in [-0.15, -0.1) is 0 Å². The van der Waals surface area contributed by atoms with Crippen LogP contribution in [0.4, 0.5) is 0 Å². The molecule has 0 radical (unpaired) electrons. The Labute approximate surface area is 181 Å². The maximum Gasteiger partial charge on any atom is 0.0487 e. The summed E-state index contributed by atoms with van der Waals surface area (Å²) in [4.78, 5) is 0. The lowest BCUT2D eigenvalue weighted by Crippen LogP contribution is -1.98. The maximum absolute atomic E-state index is 8.66. The zero-order valence-corrected chi connectivity index (χ0v) is 19.4. The lowest BCUT2D eigenvalue weighted by Gasteiger charge is -2.04. The smallest absolute Gasteiger partial charge is 0.0487 e. The summed E-state index contributed by atoms with van der Waals surface area (Å²) in [6.07, 6.45) is 19.9. The largest absolute Gasteiger partial charge is 0.396 e. The van der Waals surface area contributed by atoms with E-state index in [4.69, 9.17) is 9.84 Å². The van der Waals surface area contributed by atoms with Crippen LogP contribution in [0.1, 0.15) is 95.5 Å². The van der Waals surface area contributed by atoms with Crippen LogP contribution in [0.2, 0.25) is 0 Å². The van der Waals surface area contributed by atoms with Gasteiger partial charge in [-0.2, -0.15) is 0 Å². The number of hydrogen-bond acceptors (Lipinski definition) is 2. The first-order valence-corrected chi connectivity index (χ1v) is 12.3. The van der Waals surface area contributed by atoms with E-state index in [1.165, 1.54) is 99.0 Å². The highest BCUT2D eigenvalue weighted by Gasteiger charge is 1.96. The van der Waals surface area contributed by atoms with Gasteiger partial charge >= 0.3 is 0 Å². The van der Waals surface area contributed by atoms with Gasteiger partial charge in [0.1, 0.15) is 0 Å². The third kappa shape index (κ3) is 16.5. The Kier molecular flexibility index (Phi) is 17.7. The quantitative estimate of drug-likeness (QED) is 0.164. The number of hydrogen-bond donors (Lipinski definition) is 1. The van der Waals surface area contributed by atoms with Gasteiger partial charge in [0.05, 0.1) is 0 Å². The fraction of sp³-hybridized carbons (Fsp3) is 0.750. The maximum atomic E-state index is 8.66. The molecule has 1 aromatic carbocycles. The predicted octanol–water partition coefficient (Wildman–Crippen LogP) is 7.30. The van der Waals surface area contributed by atoms with Crippen LogP contribution in [0.3, 0.4) is 0 Å². The van der Waals surface area contributed by atoms with Crippen LogP contribution in [-0.2, 0) is 11.2 Å². The Bertz CT molecular complexity index is 419. The van der Waals surface area contributed by atoms with Crippen molar-refractivity contribution in [2.75, 3.05) is 19.8 Å². The average molecular weight is 488 g/mol. The summed E-state index contributed by atoms with van der Waals surface area (Å²) < 4.78 is 6.78. The van der Waals surface area contributed by atoms with Crippen LogP contribution < -0.4 is 0 Å². The van der Waals surface area contributed by atoms with E-state index in [9.17, 15) is 0 Å². The molecule has 1 rings (SSSR count). The minimum atomic E-state index is 0.244. The topological polar surface area (TPSA) is 29.5 Å². The molecule has 1 N–H and O–H groups in total. The van der Waals surface area contributed by atoms with Gasteiger partial charge in [-0.05, 0) is 66.0 Å². The first-order valence-electron chi connectivity index (χ1n) is 11.3. The van der Waals surface area contributed by atoms with Crippen molar-refractivity contribution in [3.05, 3.63) is 33.4 Å². The lowest BCUT2D eigenvalue weighted by atomic mass is 10.0. The molecule has 0 fully saturated rings. The van der Waals surface area contributed by atoms with Crippen LogP contribution in [0.25, 0.3) is 0 Å². The molecule has 156 valence electrons. The number of rotatable bonds is 19. The van der Waals surface area contributed by atoms with Crippen molar-refractivity contribution < 1.29 is 9.84 Å². The fourth-order valence-corrected chi connectivity index (χ4v) is 3.76. The van der Waals surface area contributed by atoms with Crippen LogP contribution >= 0.6 is 22.6 Å². The number of aliphatic hydroxyl groups is 1. The van der Waals surface area contributed by atoms with Gasteiger partial charge in [-0.1, -0.05) is 82.8 Å². The minimum absolute atomic E-state index is 0.244. The summed E-state index contributed by atoms with van der Waals surface area (Å²) in [6.45, 7) is 1.82. The highest BCUT2D eigenvalue weighted by atomic mass is 127. The molecule has 0 amide bonds. The number of ether oxygens (including phenoxy) is 1. The number of benzene rings is 1. The molecular formula is C24H41IO2. The van der Waals surface area contributed by atoms with Crippen molar-refractivity contribution in [3.63, 3.8) is 0 Å². The Balaban J connectivity index is 1.71. The summed E-state index contributed by atoms with van der Waals surface area (Å²) >= 11 is 2.37. The van der Waals surface area contributed by atoms with E-state index >= 15 is 0 Å². The Hall–Kier alpha value is -0.130. The molecule has 0 unspecified atom stereocenters. The predicted molar refractivity (Wildman–Crippen MR) is 125 cm³/mol. The first-order chi connectivity index (χ1) is 13.3. The first kappa shape index (κ1) is 24.9. The second-order valence-electron chi connectivity index (χ2n) is 7.66. The van der Waals surface area contributed by atoms with Gasteiger partial charge in [-0.25, -0.2) is 0 Å². The summed E-state index contributed by atoms with van der Waals surface area (Å²) in [7, 11) is 0. The van der Waals surface area contributed by atoms with E-state index in [0.717, 1.165) is 13.0 Å². The van der Waals surface area contributed by atoms with Gasteiger partial charge in [0.15, 0.2) is 0 Å². The van der Waals surface area contributed by atoms with Gasteiger partial charge in [0, 0.05) is 23.4 Å². The van der Waals surface area contributed by atoms with Crippen molar-refractivity contribution in [2.45, 2.75) is 96.3 Å². The fourth-order valence-electron chi connectivity index (χ4n) is 3.40. The van der Waals surface area contributed by atoms with Gasteiger partial charge in [0.25, 0.3) is 0 Å². The van der Waals surface area contributed by atoms with Gasteiger partial charge in [0.2, 0.25) is 0 Å². The van der Waals surface area contributed by atoms with E-state index < -0.39 is 0 Å². The van der Waals surface area contributed by atoms with E-state index in [0.29, 0.717) is 6.61 Å². The molecule has 0 spiro atoms. The van der Waals surface area contributed by atoms with Crippen LogP contribution in [0.5, 0.6) is 0 Å². The van der Waals surface area contributed by atoms with Crippen LogP contribution in [0.15, 0.2) is 24.3 Å². The van der Waals surface area contributed by atoms with Crippen molar-refractivity contribution >= 4 is 22.6 Å². The third-order valence-electron chi connectivity index (χ3n) is 5.11. The van der Waals surface area contributed by atoms with Crippen molar-refractivity contribution in [3.8, 4) is 0 Å². The molecule has 0 aliphatic carbocycles. The molecule has 3 heteroatoms. The lowest BCUT2D eigenvalue weighted by molar-refractivity contribution is 0.112. The van der Waals surface area contributed by atoms with E-state index in [1.54, 1.807) is 0 Å². The summed E-state index contributed by atoms with van der Waals surface area (Å²) in [5.41, 5.74) is 1.49. The molecule has 0 aliphatic rings. The monoisotopic (exact) mass is 488 g/mol. The Morgan fingerprint density at radius 1 is 0.593 bits per heavy atom.